The Hall–Kier alpha value is -3.77. The number of carbonyl (C=O) groups is 2. The van der Waals surface area contributed by atoms with Gasteiger partial charge in [-0.15, -0.1) is 0 Å². The highest BCUT2D eigenvalue weighted by Gasteiger charge is 2.57. The molecule has 1 atom stereocenters. The minimum absolute atomic E-state index is 0.101. The fourth-order valence-corrected chi connectivity index (χ4v) is 6.66. The summed E-state index contributed by atoms with van der Waals surface area (Å²) in [5.74, 6) is -2.86. The predicted molar refractivity (Wildman–Crippen MR) is 126 cm³/mol. The van der Waals surface area contributed by atoms with Gasteiger partial charge in [-0.3, -0.25) is 9.78 Å². The van der Waals surface area contributed by atoms with Crippen LogP contribution in [-0.2, 0) is 26.9 Å². The van der Waals surface area contributed by atoms with Crippen molar-refractivity contribution < 1.29 is 36.3 Å². The number of amides is 1. The molecule has 0 bridgehead atoms. The number of aliphatic carboxylic acids is 1. The van der Waals surface area contributed by atoms with E-state index >= 15 is 0 Å². The number of carboxylic acids is 1. The molecule has 0 radical (unpaired) electrons. The average molecular weight is 534 g/mol. The van der Waals surface area contributed by atoms with E-state index in [0.29, 0.717) is 30.0 Å². The van der Waals surface area contributed by atoms with Crippen LogP contribution in [0.1, 0.15) is 27.9 Å². The number of benzene rings is 2. The van der Waals surface area contributed by atoms with E-state index in [9.17, 15) is 26.4 Å². The van der Waals surface area contributed by atoms with E-state index in [4.69, 9.17) is 9.90 Å². The topological polar surface area (TPSA) is 108 Å². The monoisotopic (exact) mass is 533 g/mol. The number of carboxylic acid groups (broad SMARTS) is 1. The van der Waals surface area contributed by atoms with Crippen molar-refractivity contribution in [3.8, 4) is 0 Å². The van der Waals surface area contributed by atoms with Gasteiger partial charge in [0.15, 0.2) is 0 Å². The molecule has 3 heterocycles. The number of hydrogen-bond donors (Lipinski definition) is 1. The summed E-state index contributed by atoms with van der Waals surface area (Å²) < 4.78 is 60.4. The molecule has 3 aromatic rings. The minimum Gasteiger partial charge on any atom is -0.475 e. The summed E-state index contributed by atoms with van der Waals surface area (Å²) >= 11 is 0. The van der Waals surface area contributed by atoms with E-state index in [1.54, 1.807) is 45.9 Å². The Balaban J connectivity index is 0.000000405. The number of alkyl halides is 3. The first-order valence-electron chi connectivity index (χ1n) is 11.1. The first kappa shape index (κ1) is 26.3. The summed E-state index contributed by atoms with van der Waals surface area (Å²) in [5.41, 5.74) is 1.51. The van der Waals surface area contributed by atoms with Gasteiger partial charge in [0.1, 0.15) is 0 Å². The highest BCUT2D eigenvalue weighted by atomic mass is 32.2. The molecule has 2 aromatic carbocycles. The summed E-state index contributed by atoms with van der Waals surface area (Å²) in [7, 11) is -3.66. The van der Waals surface area contributed by atoms with Crippen LogP contribution >= 0.6 is 0 Å². The zero-order chi connectivity index (χ0) is 26.8. The van der Waals surface area contributed by atoms with E-state index in [-0.39, 0.29) is 12.5 Å². The van der Waals surface area contributed by atoms with Crippen molar-refractivity contribution in [2.75, 3.05) is 13.1 Å². The molecule has 1 spiro atoms. The molecular formula is C25H22F3N3O5S. The van der Waals surface area contributed by atoms with Gasteiger partial charge in [-0.2, -0.15) is 17.5 Å². The molecule has 37 heavy (non-hydrogen) atoms. The number of rotatable bonds is 3. The molecule has 1 amide bonds. The summed E-state index contributed by atoms with van der Waals surface area (Å²) in [6.07, 6.45) is -1.33. The van der Waals surface area contributed by atoms with Crippen LogP contribution in [0.25, 0.3) is 0 Å². The maximum Gasteiger partial charge on any atom is 0.490 e. The number of carbonyl (C=O) groups excluding carboxylic acids is 1. The first-order chi connectivity index (χ1) is 17.5. The lowest BCUT2D eigenvalue weighted by atomic mass is 9.88. The Morgan fingerprint density at radius 3 is 2.19 bits per heavy atom. The minimum atomic E-state index is -5.08. The number of fused-ring (bicyclic) bond motifs is 2. The Morgan fingerprint density at radius 1 is 0.973 bits per heavy atom. The molecular weight excluding hydrogens is 511 g/mol. The molecule has 0 saturated carbocycles. The molecule has 1 saturated heterocycles. The van der Waals surface area contributed by atoms with E-state index in [0.717, 1.165) is 11.1 Å². The van der Waals surface area contributed by atoms with Gasteiger partial charge >= 0.3 is 12.1 Å². The Morgan fingerprint density at radius 2 is 1.57 bits per heavy atom. The van der Waals surface area contributed by atoms with Crippen molar-refractivity contribution in [3.63, 3.8) is 0 Å². The van der Waals surface area contributed by atoms with Gasteiger partial charge in [0.2, 0.25) is 10.0 Å². The fourth-order valence-electron chi connectivity index (χ4n) is 4.61. The lowest BCUT2D eigenvalue weighted by Gasteiger charge is -2.34. The smallest absolute Gasteiger partial charge is 0.475 e. The summed E-state index contributed by atoms with van der Waals surface area (Å²) in [4.78, 5) is 28.0. The fraction of sp³-hybridized carbons (Fsp3) is 0.240. The highest BCUT2D eigenvalue weighted by molar-refractivity contribution is 7.89. The molecule has 8 nitrogen and oxygen atoms in total. The third-order valence-electron chi connectivity index (χ3n) is 6.31. The summed E-state index contributed by atoms with van der Waals surface area (Å²) in [6, 6.07) is 20.2. The average Bonchev–Trinajstić information content (AvgIpc) is 3.40. The Bertz CT molecular complexity index is 1400. The number of aromatic nitrogens is 1. The van der Waals surface area contributed by atoms with Crippen LogP contribution < -0.4 is 0 Å². The number of nitrogens with zero attached hydrogens (tertiary/aromatic N) is 3. The van der Waals surface area contributed by atoms with Crippen molar-refractivity contribution in [1.82, 2.24) is 14.2 Å². The quantitative estimate of drug-likeness (QED) is 0.551. The normalized spacial score (nSPS) is 20.2. The van der Waals surface area contributed by atoms with Crippen molar-refractivity contribution in [3.05, 3.63) is 95.8 Å². The molecule has 1 N–H and O–H groups in total. The molecule has 1 aromatic heterocycles. The number of halogens is 3. The van der Waals surface area contributed by atoms with Gasteiger partial charge in [-0.05, 0) is 35.7 Å². The molecule has 0 aliphatic carbocycles. The molecule has 2 aliphatic rings. The van der Waals surface area contributed by atoms with Crippen LogP contribution in [0.5, 0.6) is 0 Å². The second kappa shape index (κ2) is 9.94. The van der Waals surface area contributed by atoms with Crippen LogP contribution in [0.15, 0.2) is 84.0 Å². The number of sulfonamides is 1. The Labute approximate surface area is 211 Å². The molecule has 12 heteroatoms. The summed E-state index contributed by atoms with van der Waals surface area (Å²) in [6.45, 7) is 1.10. The van der Waals surface area contributed by atoms with Crippen molar-refractivity contribution in [1.29, 1.82) is 0 Å². The van der Waals surface area contributed by atoms with Gasteiger partial charge in [-0.25, -0.2) is 13.2 Å². The number of pyridine rings is 1. The van der Waals surface area contributed by atoms with E-state index in [2.05, 4.69) is 4.98 Å². The zero-order valence-electron chi connectivity index (χ0n) is 19.3. The van der Waals surface area contributed by atoms with Crippen LogP contribution in [0.4, 0.5) is 13.2 Å². The van der Waals surface area contributed by atoms with Gasteiger partial charge < -0.3 is 10.0 Å². The van der Waals surface area contributed by atoms with Crippen molar-refractivity contribution in [2.24, 2.45) is 0 Å². The molecule has 1 fully saturated rings. The Kier molecular flexibility index (Phi) is 7.07. The van der Waals surface area contributed by atoms with Gasteiger partial charge in [0.25, 0.3) is 5.91 Å². The van der Waals surface area contributed by atoms with E-state index in [1.807, 2.05) is 42.5 Å². The second-order valence-corrected chi connectivity index (χ2v) is 10.4. The van der Waals surface area contributed by atoms with Crippen molar-refractivity contribution >= 4 is 21.9 Å². The zero-order valence-corrected chi connectivity index (χ0v) is 20.1. The van der Waals surface area contributed by atoms with Crippen LogP contribution in [-0.4, -0.2) is 58.9 Å². The number of hydrogen-bond acceptors (Lipinski definition) is 5. The van der Waals surface area contributed by atoms with Crippen LogP contribution in [0.2, 0.25) is 0 Å². The lowest BCUT2D eigenvalue weighted by Crippen LogP contribution is -2.46. The SMILES string of the molecule is O=C(O)C(F)(F)F.O=C(c1ccncc1)N1CCC2(C1)c1ccccc1S(=O)(=O)N2Cc1ccccc1. The van der Waals surface area contributed by atoms with E-state index < -0.39 is 27.7 Å². The van der Waals surface area contributed by atoms with E-state index in [1.165, 1.54) is 0 Å². The lowest BCUT2D eigenvalue weighted by molar-refractivity contribution is -0.192. The molecule has 194 valence electrons. The maximum absolute atomic E-state index is 13.5. The number of likely N-dealkylation sites (tertiary alicyclic amines) is 1. The van der Waals surface area contributed by atoms with Gasteiger partial charge in [0, 0.05) is 37.6 Å². The maximum atomic E-state index is 13.5. The third kappa shape index (κ3) is 5.07. The molecule has 2 aliphatic heterocycles. The van der Waals surface area contributed by atoms with Crippen LogP contribution in [0.3, 0.4) is 0 Å². The first-order valence-corrected chi connectivity index (χ1v) is 12.6. The highest BCUT2D eigenvalue weighted by Crippen LogP contribution is 2.50. The molecule has 5 rings (SSSR count). The third-order valence-corrected chi connectivity index (χ3v) is 8.28. The predicted octanol–water partition coefficient (Wildman–Crippen LogP) is 3.66. The standard InChI is InChI=1S/C23H21N3O3S.C2HF3O2/c27-22(19-10-13-24-14-11-19)25-15-12-23(17-25)20-8-4-5-9-21(20)30(28,29)26(23)16-18-6-2-1-3-7-18;3-2(4,5)1(6)7/h1-11,13-14H,12,15-17H2;(H,6,7). The van der Waals surface area contributed by atoms with Gasteiger partial charge in [-0.1, -0.05) is 48.5 Å². The molecule has 1 unspecified atom stereocenters. The summed E-state index contributed by atoms with van der Waals surface area (Å²) in [5, 5.41) is 7.12. The van der Waals surface area contributed by atoms with Crippen LogP contribution in [0, 0.1) is 0 Å². The largest absolute Gasteiger partial charge is 0.490 e. The van der Waals surface area contributed by atoms with Crippen molar-refractivity contribution in [2.45, 2.75) is 29.6 Å². The second-order valence-electron chi connectivity index (χ2n) is 8.54. The van der Waals surface area contributed by atoms with Gasteiger partial charge in [0.05, 0.1) is 10.4 Å².